The van der Waals surface area contributed by atoms with E-state index in [-0.39, 0.29) is 11.7 Å². The van der Waals surface area contributed by atoms with Crippen molar-refractivity contribution in [3.63, 3.8) is 0 Å². The Morgan fingerprint density at radius 3 is 2.27 bits per heavy atom. The largest absolute Gasteiger partial charge is 0.393 e. The van der Waals surface area contributed by atoms with Crippen LogP contribution in [0.5, 0.6) is 0 Å². The van der Waals surface area contributed by atoms with Gasteiger partial charge in [-0.05, 0) is 123 Å². The minimum atomic E-state index is -0.386. The van der Waals surface area contributed by atoms with Gasteiger partial charge in [-0.25, -0.2) is 0 Å². The number of fused-ring (bicyclic) bond motifs is 5. The molecule has 0 amide bonds. The molecule has 0 unspecified atom stereocenters. The van der Waals surface area contributed by atoms with E-state index in [4.69, 9.17) is 0 Å². The van der Waals surface area contributed by atoms with E-state index >= 15 is 0 Å². The second-order valence-electron chi connectivity index (χ2n) is 14.3. The quantitative estimate of drug-likeness (QED) is 0.442. The Morgan fingerprint density at radius 2 is 1.55 bits per heavy atom. The van der Waals surface area contributed by atoms with Crippen LogP contribution in [0.3, 0.4) is 0 Å². The van der Waals surface area contributed by atoms with E-state index < -0.39 is 0 Å². The van der Waals surface area contributed by atoms with Crippen molar-refractivity contribution in [2.75, 3.05) is 0 Å². The summed E-state index contributed by atoms with van der Waals surface area (Å²) in [4.78, 5) is 0. The zero-order chi connectivity index (χ0) is 23.4. The van der Waals surface area contributed by atoms with Gasteiger partial charge < -0.3 is 10.2 Å². The van der Waals surface area contributed by atoms with Crippen LogP contribution in [-0.2, 0) is 0 Å². The van der Waals surface area contributed by atoms with Crippen LogP contribution in [0.1, 0.15) is 130 Å². The molecule has 190 valence electrons. The Bertz CT molecular complexity index is 684. The van der Waals surface area contributed by atoms with Crippen LogP contribution in [0.2, 0.25) is 0 Å². The third-order valence-electron chi connectivity index (χ3n) is 13.1. The van der Waals surface area contributed by atoms with Gasteiger partial charge in [-0.3, -0.25) is 0 Å². The van der Waals surface area contributed by atoms with Crippen LogP contribution < -0.4 is 0 Å². The molecule has 2 N–H and O–H groups in total. The van der Waals surface area contributed by atoms with E-state index in [0.717, 1.165) is 55.3 Å². The molecule has 0 aromatic carbocycles. The smallest absolute Gasteiger partial charge is 0.0648 e. The van der Waals surface area contributed by atoms with Gasteiger partial charge in [0.15, 0.2) is 0 Å². The fraction of sp³-hybridized carbons (Fsp3) is 1.00. The first kappa shape index (κ1) is 24.6. The van der Waals surface area contributed by atoms with Crippen molar-refractivity contribution < 1.29 is 10.2 Å². The van der Waals surface area contributed by atoms with Gasteiger partial charge in [0.2, 0.25) is 0 Å². The molecule has 33 heavy (non-hydrogen) atoms. The van der Waals surface area contributed by atoms with Gasteiger partial charge in [0.25, 0.3) is 0 Å². The van der Waals surface area contributed by atoms with Crippen molar-refractivity contribution in [3.8, 4) is 0 Å². The van der Waals surface area contributed by atoms with Crippen LogP contribution in [0.25, 0.3) is 0 Å². The molecule has 0 spiro atoms. The molecule has 5 aliphatic rings. The lowest BCUT2D eigenvalue weighted by molar-refractivity contribution is -0.154. The normalized spacial score (nSPS) is 50.2. The average molecular weight is 459 g/mol. The molecule has 0 heterocycles. The van der Waals surface area contributed by atoms with Crippen molar-refractivity contribution in [2.45, 2.75) is 142 Å². The number of rotatable bonds is 5. The van der Waals surface area contributed by atoms with Crippen molar-refractivity contribution in [1.82, 2.24) is 0 Å². The molecule has 10 atom stereocenters. The van der Waals surface area contributed by atoms with Crippen LogP contribution in [0.4, 0.5) is 0 Å². The Labute approximate surface area is 204 Å². The Balaban J connectivity index is 1.28. The number of hydrogen-bond acceptors (Lipinski definition) is 2. The van der Waals surface area contributed by atoms with E-state index in [1.165, 1.54) is 77.0 Å². The van der Waals surface area contributed by atoms with Gasteiger partial charge in [-0.2, -0.15) is 0 Å². The van der Waals surface area contributed by atoms with E-state index in [0.29, 0.717) is 22.7 Å². The maximum atomic E-state index is 11.3. The fourth-order valence-electron chi connectivity index (χ4n) is 10.8. The molecule has 0 aromatic rings. The Hall–Kier alpha value is -0.0800. The first-order chi connectivity index (χ1) is 15.7. The van der Waals surface area contributed by atoms with E-state index in [9.17, 15) is 10.2 Å². The Morgan fingerprint density at radius 1 is 0.818 bits per heavy atom. The van der Waals surface area contributed by atoms with Crippen LogP contribution in [-0.4, -0.2) is 21.9 Å². The molecule has 0 bridgehead atoms. The highest BCUT2D eigenvalue weighted by molar-refractivity contribution is 5.11. The molecular formula is C31H54O2. The average Bonchev–Trinajstić information content (AvgIpc) is 3.17. The van der Waals surface area contributed by atoms with Crippen LogP contribution in [0, 0.1) is 52.3 Å². The maximum absolute atomic E-state index is 11.3. The van der Waals surface area contributed by atoms with E-state index in [2.05, 4.69) is 27.7 Å². The standard InChI is InChI=1S/C31H54O2/c1-5-31(33)18-17-29(3)23(20-31)11-12-24-26-14-13-25(30(26,4)16-15-27(24)29)21(2)28(32)19-22-9-7-6-8-10-22/h21-28,32-33H,5-20H2,1-4H3/t21-,23-,24-,25+,26-,27-,28+,29-,30+,31-/m0/s1. The SMILES string of the molecule is CC[C@]1(O)CC[C@@]2(C)[C@@H](CC[C@@H]3[C@@H]2CC[C@]2(C)[C@@H]([C@H](C)[C@H](O)CC4CCCCC4)CC[C@@H]32)C1. The van der Waals surface area contributed by atoms with E-state index in [1.807, 2.05) is 0 Å². The molecule has 0 aliphatic heterocycles. The van der Waals surface area contributed by atoms with Crippen LogP contribution >= 0.6 is 0 Å². The van der Waals surface area contributed by atoms with Crippen molar-refractivity contribution in [1.29, 1.82) is 0 Å². The van der Waals surface area contributed by atoms with Gasteiger partial charge in [-0.1, -0.05) is 59.8 Å². The molecule has 0 radical (unpaired) electrons. The molecule has 5 rings (SSSR count). The first-order valence-corrected chi connectivity index (χ1v) is 15.1. The molecule has 5 saturated carbocycles. The summed E-state index contributed by atoms with van der Waals surface area (Å²) in [6.07, 6.45) is 20.4. The summed E-state index contributed by atoms with van der Waals surface area (Å²) in [5, 5.41) is 22.4. The lowest BCUT2D eigenvalue weighted by Gasteiger charge is -2.62. The summed E-state index contributed by atoms with van der Waals surface area (Å²) < 4.78 is 0. The lowest BCUT2D eigenvalue weighted by atomic mass is 9.43. The minimum absolute atomic E-state index is 0.0929. The van der Waals surface area contributed by atoms with Crippen molar-refractivity contribution in [3.05, 3.63) is 0 Å². The van der Waals surface area contributed by atoms with Gasteiger partial charge >= 0.3 is 0 Å². The predicted octanol–water partition coefficient (Wildman–Crippen LogP) is 7.75. The highest BCUT2D eigenvalue weighted by Crippen LogP contribution is 2.69. The maximum Gasteiger partial charge on any atom is 0.0648 e. The molecule has 5 aliphatic carbocycles. The number of aliphatic hydroxyl groups excluding tert-OH is 1. The lowest BCUT2D eigenvalue weighted by Crippen LogP contribution is -2.56. The zero-order valence-corrected chi connectivity index (χ0v) is 22.3. The molecule has 0 saturated heterocycles. The predicted molar refractivity (Wildman–Crippen MR) is 137 cm³/mol. The van der Waals surface area contributed by atoms with Crippen molar-refractivity contribution in [2.24, 2.45) is 52.3 Å². The summed E-state index contributed by atoms with van der Waals surface area (Å²) in [5.41, 5.74) is 0.508. The summed E-state index contributed by atoms with van der Waals surface area (Å²) >= 11 is 0. The monoisotopic (exact) mass is 458 g/mol. The third-order valence-corrected chi connectivity index (χ3v) is 13.1. The summed E-state index contributed by atoms with van der Waals surface area (Å²) in [5.74, 6) is 5.32. The summed E-state index contributed by atoms with van der Waals surface area (Å²) in [7, 11) is 0. The van der Waals surface area contributed by atoms with Gasteiger partial charge in [-0.15, -0.1) is 0 Å². The van der Waals surface area contributed by atoms with Crippen LogP contribution in [0.15, 0.2) is 0 Å². The molecule has 2 heteroatoms. The van der Waals surface area contributed by atoms with Crippen molar-refractivity contribution >= 4 is 0 Å². The molecular weight excluding hydrogens is 404 g/mol. The summed E-state index contributed by atoms with van der Waals surface area (Å²) in [6.45, 7) is 9.85. The second-order valence-corrected chi connectivity index (χ2v) is 14.3. The highest BCUT2D eigenvalue weighted by atomic mass is 16.3. The first-order valence-electron chi connectivity index (χ1n) is 15.1. The third kappa shape index (κ3) is 4.16. The topological polar surface area (TPSA) is 40.5 Å². The summed E-state index contributed by atoms with van der Waals surface area (Å²) in [6, 6.07) is 0. The highest BCUT2D eigenvalue weighted by Gasteiger charge is 2.61. The van der Waals surface area contributed by atoms with E-state index in [1.54, 1.807) is 0 Å². The molecule has 0 aromatic heterocycles. The minimum Gasteiger partial charge on any atom is -0.393 e. The molecule has 5 fully saturated rings. The zero-order valence-electron chi connectivity index (χ0n) is 22.3. The fourth-order valence-corrected chi connectivity index (χ4v) is 10.8. The van der Waals surface area contributed by atoms with Gasteiger partial charge in [0, 0.05) is 0 Å². The second kappa shape index (κ2) is 9.10. The van der Waals surface area contributed by atoms with Gasteiger partial charge in [0.1, 0.15) is 0 Å². The number of hydrogen-bond donors (Lipinski definition) is 2. The van der Waals surface area contributed by atoms with Gasteiger partial charge in [0.05, 0.1) is 11.7 Å². The molecule has 2 nitrogen and oxygen atoms in total. The Kier molecular flexibility index (Phi) is 6.78. The number of aliphatic hydroxyl groups is 2.